The van der Waals surface area contributed by atoms with E-state index in [0.29, 0.717) is 22.6 Å². The molecule has 0 aliphatic heterocycles. The zero-order chi connectivity index (χ0) is 43.3. The molecule has 0 bridgehead atoms. The van der Waals surface area contributed by atoms with Gasteiger partial charge in [0.1, 0.15) is 0 Å². The molecule has 1 radical (unpaired) electrons. The predicted octanol–water partition coefficient (Wildman–Crippen LogP) is 12.1. The second kappa shape index (κ2) is 16.0. The van der Waals surface area contributed by atoms with E-state index in [0.717, 1.165) is 44.0 Å². The molecular weight excluding hydrogens is 843 g/mol. The van der Waals surface area contributed by atoms with Gasteiger partial charge >= 0.3 is 0 Å². The Kier molecular flexibility index (Phi) is 9.42. The first-order chi connectivity index (χ1) is 27.3. The smallest absolute Gasteiger partial charge is 0.216 e. The summed E-state index contributed by atoms with van der Waals surface area (Å²) in [6.07, 6.45) is -0.207. The molecule has 7 rings (SSSR count). The van der Waals surface area contributed by atoms with E-state index in [9.17, 15) is 0 Å². The largest absolute Gasteiger partial charge is 0.486 e. The summed E-state index contributed by atoms with van der Waals surface area (Å²) in [7, 11) is -1.70. The first-order valence-corrected chi connectivity index (χ1v) is 21.1. The summed E-state index contributed by atoms with van der Waals surface area (Å²) in [5.74, 6) is 0. The van der Waals surface area contributed by atoms with Crippen LogP contribution in [-0.2, 0) is 32.9 Å². The van der Waals surface area contributed by atoms with Gasteiger partial charge in [-0.3, -0.25) is 0 Å². The Morgan fingerprint density at radius 2 is 1.40 bits per heavy atom. The van der Waals surface area contributed by atoms with Crippen LogP contribution in [0.15, 0.2) is 108 Å². The molecule has 0 spiro atoms. The van der Waals surface area contributed by atoms with Crippen molar-refractivity contribution < 1.29 is 34.1 Å². The van der Waals surface area contributed by atoms with Gasteiger partial charge in [-0.2, -0.15) is 0 Å². The molecule has 0 saturated heterocycles. The van der Waals surface area contributed by atoms with Crippen LogP contribution in [0.3, 0.4) is 0 Å². The molecule has 0 fully saturated rings. The minimum absolute atomic E-state index is 0. The first kappa shape index (κ1) is 31.2. The molecule has 0 N–H and O–H groups in total. The summed E-state index contributed by atoms with van der Waals surface area (Å²) in [6, 6.07) is 34.9. The molecule has 53 heavy (non-hydrogen) atoms. The number of hydrogen-bond acceptors (Lipinski definition) is 4. The van der Waals surface area contributed by atoms with Crippen LogP contribution in [0.2, 0.25) is 19.6 Å². The minimum atomic E-state index is -2.51. The molecule has 4 heterocycles. The molecule has 0 unspecified atom stereocenters. The molecule has 0 atom stereocenters. The fourth-order valence-corrected chi connectivity index (χ4v) is 7.34. The monoisotopic (exact) mass is 901 g/mol. The summed E-state index contributed by atoms with van der Waals surface area (Å²) >= 11 is 0. The fraction of sp³-hybridized carbons (Fsp3) is 0.298. The van der Waals surface area contributed by atoms with Crippen LogP contribution in [0.1, 0.15) is 67.8 Å². The molecule has 0 aliphatic rings. The van der Waals surface area contributed by atoms with Gasteiger partial charge in [-0.1, -0.05) is 126 Å². The van der Waals surface area contributed by atoms with E-state index in [-0.39, 0.29) is 31.2 Å². The molecule has 3 aromatic carbocycles. The van der Waals surface area contributed by atoms with Gasteiger partial charge in [0, 0.05) is 53.0 Å². The van der Waals surface area contributed by atoms with Gasteiger partial charge in [0.05, 0.1) is 19.4 Å². The molecule has 275 valence electrons. The average molecular weight is 901 g/mol. The van der Waals surface area contributed by atoms with Crippen LogP contribution in [0.4, 0.5) is 0 Å². The van der Waals surface area contributed by atoms with Crippen molar-refractivity contribution in [3.05, 3.63) is 132 Å². The van der Waals surface area contributed by atoms with E-state index < -0.39 is 38.5 Å². The van der Waals surface area contributed by atoms with Crippen LogP contribution in [-0.4, -0.2) is 23.0 Å². The van der Waals surface area contributed by atoms with Crippen molar-refractivity contribution in [2.75, 3.05) is 0 Å². The van der Waals surface area contributed by atoms with Gasteiger partial charge in [-0.15, -0.1) is 54.1 Å². The normalized spacial score (nSPS) is 14.7. The summed E-state index contributed by atoms with van der Waals surface area (Å²) in [5.41, 5.74) is 4.79. The molecule has 7 aromatic rings. The standard InChI is InChI=1S/C28H25N2O.C19H26NSi.Ir/c1-18-17-29-25(15-20(18)16-28(2,3)4)23-12-8-11-21-22-13-14-24(19-9-6-5-7-10-19)30-27(22)31-26(21)23;1-19(2,3)13-16-12-17(15-10-8-7-9-11-15)20-14-18(16)21(4,5)6;/h5-11,13-15,17H,16H2,1-4H3;7-10,12,14H,13H2,1-6H3;/q2*-1;/i1D3,16D2;13D2;. The second-order valence-corrected chi connectivity index (χ2v) is 21.2. The van der Waals surface area contributed by atoms with Crippen LogP contribution >= 0.6 is 0 Å². The SMILES string of the molecule is [2H]C([2H])([2H])c1cnc(-c2[c-]ccc3c2oc2nc(-c4ccccc4)ccc23)cc1C([2H])([2H])C(C)(C)C.[2H]C([2H])(c1cc(-c2[c-]cccc2)ncc1[Si](C)(C)C)C(C)(C)C.[Ir]. The Hall–Kier alpha value is -4.22. The summed E-state index contributed by atoms with van der Waals surface area (Å²) in [4.78, 5) is 13.7. The van der Waals surface area contributed by atoms with E-state index in [1.54, 1.807) is 26.8 Å². The average Bonchev–Trinajstić information content (AvgIpc) is 3.55. The number of nitrogens with zero attached hydrogens (tertiary/aromatic N) is 3. The maximum Gasteiger partial charge on any atom is 0.216 e. The third-order valence-electron chi connectivity index (χ3n) is 8.24. The van der Waals surface area contributed by atoms with Crippen molar-refractivity contribution in [3.8, 4) is 33.8 Å². The summed E-state index contributed by atoms with van der Waals surface area (Å²) in [5, 5.41) is 2.76. The summed E-state index contributed by atoms with van der Waals surface area (Å²) < 4.78 is 65.2. The Balaban J connectivity index is 0.000000247. The fourth-order valence-electron chi connectivity index (χ4n) is 5.94. The molecule has 4 aromatic heterocycles. The van der Waals surface area contributed by atoms with Crippen molar-refractivity contribution in [3.63, 3.8) is 0 Å². The maximum atomic E-state index is 8.80. The number of benzene rings is 3. The quantitative estimate of drug-likeness (QED) is 0.123. The number of hydrogen-bond donors (Lipinski definition) is 0. The zero-order valence-electron chi connectivity index (χ0n) is 38.9. The Labute approximate surface area is 340 Å². The van der Waals surface area contributed by atoms with Crippen molar-refractivity contribution in [1.82, 2.24) is 15.0 Å². The van der Waals surface area contributed by atoms with Crippen LogP contribution in [0, 0.1) is 29.8 Å². The number of pyridine rings is 3. The van der Waals surface area contributed by atoms with Crippen LogP contribution in [0.5, 0.6) is 0 Å². The molecule has 0 saturated carbocycles. The third kappa shape index (κ3) is 9.86. The maximum absolute atomic E-state index is 8.80. The molecule has 4 nitrogen and oxygen atoms in total. The van der Waals surface area contributed by atoms with E-state index in [1.807, 2.05) is 106 Å². The van der Waals surface area contributed by atoms with Crippen molar-refractivity contribution in [2.24, 2.45) is 10.8 Å². The van der Waals surface area contributed by atoms with E-state index in [1.165, 1.54) is 12.3 Å². The molecule has 0 amide bonds. The first-order valence-electron chi connectivity index (χ1n) is 21.1. The number of aryl methyl sites for hydroxylation is 1. The van der Waals surface area contributed by atoms with Gasteiger partial charge in [0.25, 0.3) is 0 Å². The van der Waals surface area contributed by atoms with Crippen molar-refractivity contribution in [2.45, 2.75) is 80.8 Å². The summed E-state index contributed by atoms with van der Waals surface area (Å²) in [6.45, 7) is 15.3. The Morgan fingerprint density at radius 1 is 0.717 bits per heavy atom. The Bertz CT molecular complexity index is 2610. The van der Waals surface area contributed by atoms with Gasteiger partial charge in [0.2, 0.25) is 5.71 Å². The molecule has 0 aliphatic carbocycles. The number of aromatic nitrogens is 3. The number of rotatable bonds is 6. The molecule has 6 heteroatoms. The molecular formula is C47H51IrN3OSi-2. The topological polar surface area (TPSA) is 51.8 Å². The van der Waals surface area contributed by atoms with Crippen molar-refractivity contribution in [1.29, 1.82) is 0 Å². The number of furan rings is 1. The van der Waals surface area contributed by atoms with E-state index >= 15 is 0 Å². The second-order valence-electron chi connectivity index (χ2n) is 16.1. The zero-order valence-corrected chi connectivity index (χ0v) is 35.3. The minimum Gasteiger partial charge on any atom is -0.486 e. The predicted molar refractivity (Wildman–Crippen MR) is 222 cm³/mol. The number of fused-ring (bicyclic) bond motifs is 3. The third-order valence-corrected chi connectivity index (χ3v) is 10.3. The van der Waals surface area contributed by atoms with Crippen LogP contribution in [0.25, 0.3) is 55.8 Å². The van der Waals surface area contributed by atoms with Gasteiger partial charge in [-0.05, 0) is 64.7 Å². The van der Waals surface area contributed by atoms with E-state index in [4.69, 9.17) is 19.0 Å². The van der Waals surface area contributed by atoms with Gasteiger partial charge in [0.15, 0.2) is 0 Å². The van der Waals surface area contributed by atoms with E-state index in [2.05, 4.69) is 41.7 Å². The van der Waals surface area contributed by atoms with Crippen LogP contribution < -0.4 is 5.19 Å². The van der Waals surface area contributed by atoms with Gasteiger partial charge < -0.3 is 14.4 Å². The van der Waals surface area contributed by atoms with Gasteiger partial charge in [-0.25, -0.2) is 4.98 Å². The van der Waals surface area contributed by atoms with Crippen molar-refractivity contribution >= 4 is 35.3 Å². The Morgan fingerprint density at radius 3 is 2.06 bits per heavy atom.